The molecule has 0 saturated carbocycles. The van der Waals surface area contributed by atoms with Gasteiger partial charge in [0.25, 0.3) is 0 Å². The highest BCUT2D eigenvalue weighted by molar-refractivity contribution is 7.88. The molecule has 1 aliphatic heterocycles. The Morgan fingerprint density at radius 2 is 1.92 bits per heavy atom. The predicted octanol–water partition coefficient (Wildman–Crippen LogP) is 3.81. The predicted molar refractivity (Wildman–Crippen MR) is 92.5 cm³/mol. The number of sulfonamides is 1. The lowest BCUT2D eigenvalue weighted by Crippen LogP contribution is -2.34. The molecule has 0 unspecified atom stereocenters. The van der Waals surface area contributed by atoms with Crippen LogP contribution in [0.5, 0.6) is 11.5 Å². The molecule has 0 radical (unpaired) electrons. The van der Waals surface area contributed by atoms with Crippen molar-refractivity contribution in [2.75, 3.05) is 19.9 Å². The first-order valence-electron chi connectivity index (χ1n) is 7.98. The third-order valence-electron chi connectivity index (χ3n) is 3.79. The SMILES string of the molecule is CN(C1=CC(C)(C)Oc2ccc(OCCCC(F)(F)F)cc21)S(C)(=O)=O. The Kier molecular flexibility index (Phi) is 5.51. The van der Waals surface area contributed by atoms with Crippen molar-refractivity contribution in [3.63, 3.8) is 0 Å². The summed E-state index contributed by atoms with van der Waals surface area (Å²) in [5.74, 6) is 0.827. The third-order valence-corrected chi connectivity index (χ3v) is 4.99. The van der Waals surface area contributed by atoms with Crippen molar-refractivity contribution >= 4 is 15.7 Å². The summed E-state index contributed by atoms with van der Waals surface area (Å²) in [6, 6.07) is 4.79. The molecule has 0 atom stereocenters. The number of halogens is 3. The smallest absolute Gasteiger partial charge is 0.389 e. The van der Waals surface area contributed by atoms with Crippen LogP contribution in [-0.2, 0) is 10.0 Å². The van der Waals surface area contributed by atoms with Gasteiger partial charge in [-0.15, -0.1) is 0 Å². The monoisotopic (exact) mass is 393 g/mol. The van der Waals surface area contributed by atoms with Crippen LogP contribution in [0, 0.1) is 0 Å². The number of ether oxygens (including phenoxy) is 2. The minimum Gasteiger partial charge on any atom is -0.494 e. The van der Waals surface area contributed by atoms with E-state index >= 15 is 0 Å². The van der Waals surface area contributed by atoms with E-state index in [-0.39, 0.29) is 13.0 Å². The van der Waals surface area contributed by atoms with Crippen LogP contribution in [0.1, 0.15) is 32.3 Å². The summed E-state index contributed by atoms with van der Waals surface area (Å²) in [6.07, 6.45) is -2.52. The molecule has 9 heteroatoms. The van der Waals surface area contributed by atoms with Gasteiger partial charge in [-0.1, -0.05) is 0 Å². The molecule has 5 nitrogen and oxygen atoms in total. The summed E-state index contributed by atoms with van der Waals surface area (Å²) in [4.78, 5) is 0. The number of hydrogen-bond donors (Lipinski definition) is 0. The molecule has 0 bridgehead atoms. The van der Waals surface area contributed by atoms with E-state index in [1.807, 2.05) is 0 Å². The minimum atomic E-state index is -4.22. The van der Waals surface area contributed by atoms with E-state index in [4.69, 9.17) is 9.47 Å². The molecule has 1 aliphatic rings. The number of benzene rings is 1. The van der Waals surface area contributed by atoms with Crippen LogP contribution >= 0.6 is 0 Å². The summed E-state index contributed by atoms with van der Waals surface area (Å²) >= 11 is 0. The molecular weight excluding hydrogens is 371 g/mol. The standard InChI is InChI=1S/C17H22F3NO4S/c1-16(2)11-14(21(3)26(4,22)23)13-10-12(6-7-15(13)25-16)24-9-5-8-17(18,19)20/h6-7,10-11H,5,8-9H2,1-4H3. The van der Waals surface area contributed by atoms with Gasteiger partial charge in [0.2, 0.25) is 10.0 Å². The molecule has 0 spiro atoms. The van der Waals surface area contributed by atoms with Crippen LogP contribution in [-0.4, -0.2) is 44.4 Å². The van der Waals surface area contributed by atoms with E-state index in [0.29, 0.717) is 22.8 Å². The quantitative estimate of drug-likeness (QED) is 0.690. The van der Waals surface area contributed by atoms with Gasteiger partial charge in [0, 0.05) is 19.0 Å². The lowest BCUT2D eigenvalue weighted by Gasteiger charge is -2.34. The minimum absolute atomic E-state index is 0.0917. The molecule has 146 valence electrons. The number of rotatable bonds is 6. The van der Waals surface area contributed by atoms with Gasteiger partial charge in [-0.2, -0.15) is 13.2 Å². The van der Waals surface area contributed by atoms with Crippen LogP contribution in [0.15, 0.2) is 24.3 Å². The zero-order valence-electron chi connectivity index (χ0n) is 15.1. The van der Waals surface area contributed by atoms with E-state index in [0.717, 1.165) is 10.6 Å². The maximum atomic E-state index is 12.2. The molecule has 0 aliphatic carbocycles. The van der Waals surface area contributed by atoms with Crippen molar-refractivity contribution in [2.24, 2.45) is 0 Å². The molecule has 26 heavy (non-hydrogen) atoms. The number of fused-ring (bicyclic) bond motifs is 1. The van der Waals surface area contributed by atoms with Crippen LogP contribution in [0.4, 0.5) is 13.2 Å². The normalized spacial score (nSPS) is 16.3. The maximum Gasteiger partial charge on any atom is 0.389 e. The summed E-state index contributed by atoms with van der Waals surface area (Å²) in [7, 11) is -2.07. The molecule has 1 aromatic carbocycles. The van der Waals surface area contributed by atoms with Crippen molar-refractivity contribution in [1.29, 1.82) is 0 Å². The van der Waals surface area contributed by atoms with Gasteiger partial charge in [-0.3, -0.25) is 4.31 Å². The number of hydrogen-bond acceptors (Lipinski definition) is 4. The fourth-order valence-electron chi connectivity index (χ4n) is 2.51. The van der Waals surface area contributed by atoms with E-state index in [1.165, 1.54) is 7.05 Å². The topological polar surface area (TPSA) is 55.8 Å². The van der Waals surface area contributed by atoms with Gasteiger partial charge in [-0.25, -0.2) is 8.42 Å². The highest BCUT2D eigenvalue weighted by Gasteiger charge is 2.31. The molecule has 0 saturated heterocycles. The molecule has 1 aromatic rings. The van der Waals surface area contributed by atoms with E-state index in [1.54, 1.807) is 38.1 Å². The van der Waals surface area contributed by atoms with Crippen LogP contribution in [0.2, 0.25) is 0 Å². The fourth-order valence-corrected chi connectivity index (χ4v) is 3.02. The van der Waals surface area contributed by atoms with Gasteiger partial charge in [0.15, 0.2) is 0 Å². The first-order valence-corrected chi connectivity index (χ1v) is 9.83. The molecule has 0 N–H and O–H groups in total. The van der Waals surface area contributed by atoms with Crippen LogP contribution in [0.25, 0.3) is 5.70 Å². The Morgan fingerprint density at radius 3 is 2.50 bits per heavy atom. The zero-order chi connectivity index (χ0) is 19.8. The molecule has 0 amide bonds. The highest BCUT2D eigenvalue weighted by atomic mass is 32.2. The summed E-state index contributed by atoms with van der Waals surface area (Å²) in [5, 5.41) is 0. The Bertz CT molecular complexity index is 801. The second kappa shape index (κ2) is 7.02. The van der Waals surface area contributed by atoms with Gasteiger partial charge >= 0.3 is 6.18 Å². The van der Waals surface area contributed by atoms with Gasteiger partial charge in [0.1, 0.15) is 17.1 Å². The van der Waals surface area contributed by atoms with Gasteiger partial charge in [0.05, 0.1) is 18.6 Å². The van der Waals surface area contributed by atoms with Crippen molar-refractivity contribution in [3.8, 4) is 11.5 Å². The van der Waals surface area contributed by atoms with E-state index in [2.05, 4.69) is 0 Å². The van der Waals surface area contributed by atoms with Crippen LogP contribution < -0.4 is 9.47 Å². The van der Waals surface area contributed by atoms with Crippen molar-refractivity contribution in [3.05, 3.63) is 29.8 Å². The highest BCUT2D eigenvalue weighted by Crippen LogP contribution is 2.40. The molecule has 0 aromatic heterocycles. The zero-order valence-corrected chi connectivity index (χ0v) is 15.9. The van der Waals surface area contributed by atoms with Crippen LogP contribution in [0.3, 0.4) is 0 Å². The van der Waals surface area contributed by atoms with Gasteiger partial charge in [-0.05, 0) is 44.5 Å². The van der Waals surface area contributed by atoms with Gasteiger partial charge < -0.3 is 9.47 Å². The average molecular weight is 393 g/mol. The molecule has 2 rings (SSSR count). The molecule has 0 fully saturated rings. The number of alkyl halides is 3. The van der Waals surface area contributed by atoms with Crippen molar-refractivity contribution in [2.45, 2.75) is 38.5 Å². The Balaban J connectivity index is 2.25. The largest absolute Gasteiger partial charge is 0.494 e. The summed E-state index contributed by atoms with van der Waals surface area (Å²) < 4.78 is 72.8. The van der Waals surface area contributed by atoms with E-state index in [9.17, 15) is 21.6 Å². The first-order chi connectivity index (χ1) is 11.8. The second-order valence-electron chi connectivity index (χ2n) is 6.69. The molecular formula is C17H22F3NO4S. The van der Waals surface area contributed by atoms with E-state index < -0.39 is 28.2 Å². The number of nitrogens with zero attached hydrogens (tertiary/aromatic N) is 1. The third kappa shape index (κ3) is 5.30. The Hall–Kier alpha value is -1.90. The first kappa shape index (κ1) is 20.4. The second-order valence-corrected chi connectivity index (χ2v) is 8.70. The molecule has 1 heterocycles. The fraction of sp³-hybridized carbons (Fsp3) is 0.529. The Morgan fingerprint density at radius 1 is 1.27 bits per heavy atom. The lowest BCUT2D eigenvalue weighted by atomic mass is 9.99. The van der Waals surface area contributed by atoms with Crippen molar-refractivity contribution in [1.82, 2.24) is 4.31 Å². The average Bonchev–Trinajstić information content (AvgIpc) is 2.47. The summed E-state index contributed by atoms with van der Waals surface area (Å²) in [6.45, 7) is 3.51. The lowest BCUT2D eigenvalue weighted by molar-refractivity contribution is -0.136. The maximum absolute atomic E-state index is 12.2. The van der Waals surface area contributed by atoms with Crippen molar-refractivity contribution < 1.29 is 31.1 Å². The summed E-state index contributed by atoms with van der Waals surface area (Å²) in [5.41, 5.74) is 0.223. The Labute approximate surface area is 151 Å².